The van der Waals surface area contributed by atoms with Gasteiger partial charge in [-0.15, -0.1) is 0 Å². The number of aromatic nitrogens is 1. The molecule has 0 saturated carbocycles. The number of halogens is 2. The first-order valence-corrected chi connectivity index (χ1v) is 5.49. The van der Waals surface area contributed by atoms with Gasteiger partial charge in [-0.2, -0.15) is 0 Å². The molecule has 0 aliphatic heterocycles. The smallest absolute Gasteiger partial charge is 0.168 e. The van der Waals surface area contributed by atoms with Crippen molar-refractivity contribution in [2.75, 3.05) is 19.5 Å². The number of nitrogens with zero attached hydrogens (tertiary/aromatic N) is 1. The van der Waals surface area contributed by atoms with E-state index in [4.69, 9.17) is 16.3 Å². The molecule has 17 heavy (non-hydrogen) atoms. The molecular formula is C12H12ClFN2O. The van der Waals surface area contributed by atoms with Gasteiger partial charge in [-0.25, -0.2) is 9.37 Å². The summed E-state index contributed by atoms with van der Waals surface area (Å²) in [6.45, 7) is 0.330. The third-order valence-electron chi connectivity index (χ3n) is 2.49. The Morgan fingerprint density at radius 3 is 2.88 bits per heavy atom. The number of ether oxygens (including phenoxy) is 1. The fourth-order valence-electron chi connectivity index (χ4n) is 1.72. The largest absolute Gasteiger partial charge is 0.388 e. The van der Waals surface area contributed by atoms with Crippen LogP contribution in [0, 0.1) is 5.82 Å². The maximum Gasteiger partial charge on any atom is 0.168 e. The molecule has 2 rings (SSSR count). The molecule has 0 spiro atoms. The van der Waals surface area contributed by atoms with E-state index in [9.17, 15) is 4.39 Å². The van der Waals surface area contributed by atoms with E-state index in [1.54, 1.807) is 20.2 Å². The van der Waals surface area contributed by atoms with Gasteiger partial charge in [0.05, 0.1) is 17.3 Å². The number of methoxy groups -OCH3 is 1. The molecule has 1 heterocycles. The lowest BCUT2D eigenvalue weighted by Gasteiger charge is -2.09. The second-order valence-electron chi connectivity index (χ2n) is 3.60. The van der Waals surface area contributed by atoms with Crippen LogP contribution in [-0.2, 0) is 11.3 Å². The molecule has 0 aliphatic rings. The molecule has 0 bridgehead atoms. The van der Waals surface area contributed by atoms with Crippen LogP contribution >= 0.6 is 11.6 Å². The third kappa shape index (κ3) is 2.18. The number of anilines is 1. The summed E-state index contributed by atoms with van der Waals surface area (Å²) in [7, 11) is 3.34. The lowest BCUT2D eigenvalue weighted by Crippen LogP contribution is -1.99. The Morgan fingerprint density at radius 2 is 2.24 bits per heavy atom. The molecule has 1 aromatic heterocycles. The highest BCUT2D eigenvalue weighted by Crippen LogP contribution is 2.29. The van der Waals surface area contributed by atoms with E-state index in [0.29, 0.717) is 17.7 Å². The van der Waals surface area contributed by atoms with Crippen molar-refractivity contribution in [3.8, 4) is 0 Å². The summed E-state index contributed by atoms with van der Waals surface area (Å²) in [6, 6.07) is 5.10. The molecule has 0 amide bonds. The Balaban J connectivity index is 2.73. The van der Waals surface area contributed by atoms with Crippen LogP contribution in [0.5, 0.6) is 0 Å². The van der Waals surface area contributed by atoms with E-state index in [1.807, 2.05) is 6.07 Å². The van der Waals surface area contributed by atoms with Crippen LogP contribution < -0.4 is 5.32 Å². The number of nitrogens with one attached hydrogen (secondary N) is 1. The molecule has 0 radical (unpaired) electrons. The lowest BCUT2D eigenvalue weighted by molar-refractivity contribution is 0.182. The second-order valence-corrected chi connectivity index (χ2v) is 4.01. The Labute approximate surface area is 104 Å². The normalized spacial score (nSPS) is 10.8. The van der Waals surface area contributed by atoms with Crippen LogP contribution in [0.4, 0.5) is 10.1 Å². The average Bonchev–Trinajstić information content (AvgIpc) is 2.34. The van der Waals surface area contributed by atoms with Gasteiger partial charge in [0.2, 0.25) is 0 Å². The van der Waals surface area contributed by atoms with Crippen molar-refractivity contribution in [1.29, 1.82) is 0 Å². The first-order chi connectivity index (χ1) is 8.17. The minimum absolute atomic E-state index is 0.0709. The zero-order valence-electron chi connectivity index (χ0n) is 9.55. The summed E-state index contributed by atoms with van der Waals surface area (Å²) in [5, 5.41) is 3.78. The molecule has 5 heteroatoms. The van der Waals surface area contributed by atoms with Gasteiger partial charge in [0, 0.05) is 25.2 Å². The average molecular weight is 255 g/mol. The number of pyridine rings is 1. The Hall–Kier alpha value is -1.39. The molecular weight excluding hydrogens is 243 g/mol. The molecule has 2 aromatic rings. The fraction of sp³-hybridized carbons (Fsp3) is 0.250. The van der Waals surface area contributed by atoms with Gasteiger partial charge < -0.3 is 10.1 Å². The number of rotatable bonds is 3. The van der Waals surface area contributed by atoms with Crippen molar-refractivity contribution in [2.24, 2.45) is 0 Å². The van der Waals surface area contributed by atoms with Crippen molar-refractivity contribution >= 4 is 28.2 Å². The highest BCUT2D eigenvalue weighted by molar-refractivity contribution is 6.31. The highest BCUT2D eigenvalue weighted by Gasteiger charge is 2.11. The van der Waals surface area contributed by atoms with Crippen LogP contribution in [-0.4, -0.2) is 19.1 Å². The van der Waals surface area contributed by atoms with E-state index in [2.05, 4.69) is 10.3 Å². The van der Waals surface area contributed by atoms with Gasteiger partial charge in [0.1, 0.15) is 5.52 Å². The van der Waals surface area contributed by atoms with Gasteiger partial charge in [-0.3, -0.25) is 0 Å². The van der Waals surface area contributed by atoms with Gasteiger partial charge in [0.25, 0.3) is 0 Å². The lowest BCUT2D eigenvalue weighted by atomic mass is 10.1. The Kier molecular flexibility index (Phi) is 3.45. The van der Waals surface area contributed by atoms with E-state index in [-0.39, 0.29) is 10.5 Å². The number of hydrogen-bond acceptors (Lipinski definition) is 3. The van der Waals surface area contributed by atoms with Crippen LogP contribution in [0.2, 0.25) is 5.02 Å². The number of fused-ring (bicyclic) bond motifs is 1. The minimum atomic E-state index is -0.501. The fourth-order valence-corrected chi connectivity index (χ4v) is 1.87. The highest BCUT2D eigenvalue weighted by atomic mass is 35.5. The van der Waals surface area contributed by atoms with Gasteiger partial charge in [0.15, 0.2) is 5.82 Å². The Morgan fingerprint density at radius 1 is 1.47 bits per heavy atom. The van der Waals surface area contributed by atoms with E-state index >= 15 is 0 Å². The Bertz CT molecular complexity index is 560. The van der Waals surface area contributed by atoms with E-state index in [0.717, 1.165) is 5.69 Å². The van der Waals surface area contributed by atoms with Crippen molar-refractivity contribution < 1.29 is 9.13 Å². The predicted octanol–water partition coefficient (Wildman–Crippen LogP) is 3.22. The minimum Gasteiger partial charge on any atom is -0.388 e. The molecule has 0 saturated heterocycles. The summed E-state index contributed by atoms with van der Waals surface area (Å²) in [5.41, 5.74) is 1.72. The zero-order valence-corrected chi connectivity index (χ0v) is 10.3. The van der Waals surface area contributed by atoms with Gasteiger partial charge >= 0.3 is 0 Å². The first-order valence-electron chi connectivity index (χ1n) is 5.11. The maximum atomic E-state index is 13.9. The summed E-state index contributed by atoms with van der Waals surface area (Å²) < 4.78 is 18.9. The number of hydrogen-bond donors (Lipinski definition) is 1. The van der Waals surface area contributed by atoms with Crippen molar-refractivity contribution in [2.45, 2.75) is 6.61 Å². The van der Waals surface area contributed by atoms with Crippen LogP contribution in [0.25, 0.3) is 10.9 Å². The quantitative estimate of drug-likeness (QED) is 0.913. The SMILES string of the molecule is CNc1cc(COC)nc2c(F)c(Cl)ccc12. The van der Waals surface area contributed by atoms with Gasteiger partial charge in [-0.05, 0) is 18.2 Å². The first kappa shape index (κ1) is 12.1. The van der Waals surface area contributed by atoms with Crippen molar-refractivity contribution in [1.82, 2.24) is 4.98 Å². The third-order valence-corrected chi connectivity index (χ3v) is 2.78. The molecule has 1 N–H and O–H groups in total. The van der Waals surface area contributed by atoms with Crippen LogP contribution in [0.3, 0.4) is 0 Å². The zero-order chi connectivity index (χ0) is 12.4. The molecule has 0 atom stereocenters. The molecule has 0 fully saturated rings. The van der Waals surface area contributed by atoms with Crippen LogP contribution in [0.15, 0.2) is 18.2 Å². The molecule has 90 valence electrons. The van der Waals surface area contributed by atoms with Gasteiger partial charge in [-0.1, -0.05) is 11.6 Å². The van der Waals surface area contributed by atoms with E-state index in [1.165, 1.54) is 6.07 Å². The van der Waals surface area contributed by atoms with E-state index < -0.39 is 5.82 Å². The van der Waals surface area contributed by atoms with Crippen LogP contribution in [0.1, 0.15) is 5.69 Å². The van der Waals surface area contributed by atoms with Crippen molar-refractivity contribution in [3.63, 3.8) is 0 Å². The topological polar surface area (TPSA) is 34.1 Å². The summed E-state index contributed by atoms with van der Waals surface area (Å²) in [4.78, 5) is 4.21. The standard InChI is InChI=1S/C12H12ClFN2O/c1-15-10-5-7(6-17-2)16-12-8(10)3-4-9(13)11(12)14/h3-5H,6H2,1-2H3,(H,15,16). The molecule has 3 nitrogen and oxygen atoms in total. The van der Waals surface area contributed by atoms with Crippen molar-refractivity contribution in [3.05, 3.63) is 34.7 Å². The molecule has 0 aliphatic carbocycles. The summed E-state index contributed by atoms with van der Waals surface area (Å²) >= 11 is 5.75. The molecule has 1 aromatic carbocycles. The predicted molar refractivity (Wildman–Crippen MR) is 67.0 cm³/mol. The summed E-state index contributed by atoms with van der Waals surface area (Å²) in [6.07, 6.45) is 0. The molecule has 0 unspecified atom stereocenters. The summed E-state index contributed by atoms with van der Waals surface area (Å²) in [5.74, 6) is -0.501. The maximum absolute atomic E-state index is 13.9. The monoisotopic (exact) mass is 254 g/mol. The number of benzene rings is 1. The second kappa shape index (κ2) is 4.85.